The predicted molar refractivity (Wildman–Crippen MR) is 134 cm³/mol. The maximum Gasteiger partial charge on any atom is 0.330 e. The highest BCUT2D eigenvalue weighted by molar-refractivity contribution is 14.1. The molecule has 3 aromatic rings. The molecule has 0 aliphatic heterocycles. The van der Waals surface area contributed by atoms with Crippen LogP contribution in [0, 0.1) is 17.4 Å². The SMILES string of the molecule is Cc1cnc(Cn2c(=O)n(CCN(C(C)C)C(C)C)c3c(Cl)nc(N)nc32)c(C)c1I. The molecule has 0 bridgehead atoms. The Labute approximate surface area is 201 Å². The van der Waals surface area contributed by atoms with E-state index in [0.29, 0.717) is 36.3 Å². The van der Waals surface area contributed by atoms with Crippen LogP contribution >= 0.6 is 34.2 Å². The van der Waals surface area contributed by atoms with Gasteiger partial charge in [-0.25, -0.2) is 4.79 Å². The van der Waals surface area contributed by atoms with Gasteiger partial charge in [0.2, 0.25) is 5.95 Å². The number of imidazole rings is 1. The van der Waals surface area contributed by atoms with Gasteiger partial charge in [-0.15, -0.1) is 0 Å². The molecule has 10 heteroatoms. The molecule has 0 atom stereocenters. The normalized spacial score (nSPS) is 12.1. The summed E-state index contributed by atoms with van der Waals surface area (Å²) in [5, 5.41) is 0.183. The molecule has 31 heavy (non-hydrogen) atoms. The number of hydrogen-bond acceptors (Lipinski definition) is 6. The molecule has 0 aromatic carbocycles. The van der Waals surface area contributed by atoms with Crippen LogP contribution in [-0.2, 0) is 13.1 Å². The quantitative estimate of drug-likeness (QED) is 0.352. The Hall–Kier alpha value is -1.72. The third-order valence-corrected chi connectivity index (χ3v) is 7.49. The first-order valence-corrected chi connectivity index (χ1v) is 11.8. The third kappa shape index (κ3) is 4.73. The van der Waals surface area contributed by atoms with Crippen molar-refractivity contribution in [2.45, 2.75) is 66.7 Å². The molecule has 0 aliphatic rings. The molecular weight excluding hydrogens is 529 g/mol. The van der Waals surface area contributed by atoms with Gasteiger partial charge in [-0.05, 0) is 75.3 Å². The van der Waals surface area contributed by atoms with Crippen LogP contribution in [0.25, 0.3) is 11.2 Å². The van der Waals surface area contributed by atoms with E-state index in [1.165, 1.54) is 0 Å². The number of halogens is 2. The van der Waals surface area contributed by atoms with Gasteiger partial charge in [0.05, 0.1) is 12.2 Å². The number of rotatable bonds is 7. The minimum Gasteiger partial charge on any atom is -0.368 e. The second-order valence-electron chi connectivity index (χ2n) is 8.32. The molecule has 3 heterocycles. The van der Waals surface area contributed by atoms with Crippen LogP contribution in [0.4, 0.5) is 5.95 Å². The monoisotopic (exact) mass is 557 g/mol. The molecule has 0 aliphatic carbocycles. The van der Waals surface area contributed by atoms with Crippen LogP contribution in [-0.4, -0.2) is 47.6 Å². The summed E-state index contributed by atoms with van der Waals surface area (Å²) in [5.74, 6) is 0.0394. The van der Waals surface area contributed by atoms with Crippen molar-refractivity contribution in [1.82, 2.24) is 29.0 Å². The van der Waals surface area contributed by atoms with Crippen molar-refractivity contribution in [3.8, 4) is 0 Å². The molecule has 0 saturated carbocycles. The van der Waals surface area contributed by atoms with Gasteiger partial charge in [-0.1, -0.05) is 11.6 Å². The van der Waals surface area contributed by atoms with Gasteiger partial charge in [0.25, 0.3) is 0 Å². The van der Waals surface area contributed by atoms with E-state index >= 15 is 0 Å². The molecule has 8 nitrogen and oxygen atoms in total. The van der Waals surface area contributed by atoms with Crippen molar-refractivity contribution in [3.63, 3.8) is 0 Å². The van der Waals surface area contributed by atoms with E-state index in [9.17, 15) is 4.79 Å². The van der Waals surface area contributed by atoms with Crippen molar-refractivity contribution in [2.75, 3.05) is 12.3 Å². The van der Waals surface area contributed by atoms with E-state index in [2.05, 4.69) is 70.1 Å². The molecule has 0 spiro atoms. The average molecular weight is 558 g/mol. The van der Waals surface area contributed by atoms with E-state index in [-0.39, 0.29) is 23.3 Å². The molecule has 0 amide bonds. The Kier molecular flexibility index (Phi) is 7.27. The molecule has 2 N–H and O–H groups in total. The average Bonchev–Trinajstić information content (AvgIpc) is 2.93. The zero-order valence-corrected chi connectivity index (χ0v) is 21.7. The zero-order chi connectivity index (χ0) is 23.0. The fourth-order valence-electron chi connectivity index (χ4n) is 3.92. The van der Waals surface area contributed by atoms with Gasteiger partial charge in [0.15, 0.2) is 10.8 Å². The lowest BCUT2D eigenvalue weighted by atomic mass is 10.1. The second kappa shape index (κ2) is 9.41. The highest BCUT2D eigenvalue weighted by Gasteiger charge is 2.22. The van der Waals surface area contributed by atoms with E-state index < -0.39 is 0 Å². The van der Waals surface area contributed by atoms with E-state index in [4.69, 9.17) is 17.3 Å². The van der Waals surface area contributed by atoms with Gasteiger partial charge in [0.1, 0.15) is 5.52 Å². The summed E-state index contributed by atoms with van der Waals surface area (Å²) in [6.45, 7) is 14.1. The number of pyridine rings is 1. The number of aromatic nitrogens is 5. The summed E-state index contributed by atoms with van der Waals surface area (Å²) in [5.41, 5.74) is 9.58. The van der Waals surface area contributed by atoms with Crippen LogP contribution < -0.4 is 11.4 Å². The fraction of sp³-hybridized carbons (Fsp3) is 0.524. The molecule has 0 radical (unpaired) electrons. The van der Waals surface area contributed by atoms with Crippen molar-refractivity contribution < 1.29 is 0 Å². The lowest BCUT2D eigenvalue weighted by Crippen LogP contribution is -2.40. The Bertz CT molecular complexity index is 1160. The molecule has 0 fully saturated rings. The topological polar surface area (TPSA) is 94.9 Å². The van der Waals surface area contributed by atoms with E-state index in [1.54, 1.807) is 9.13 Å². The van der Waals surface area contributed by atoms with Crippen molar-refractivity contribution in [2.24, 2.45) is 0 Å². The molecule has 0 saturated heterocycles. The maximum atomic E-state index is 13.5. The largest absolute Gasteiger partial charge is 0.368 e. The highest BCUT2D eigenvalue weighted by atomic mass is 127. The van der Waals surface area contributed by atoms with Gasteiger partial charge in [-0.3, -0.25) is 19.0 Å². The van der Waals surface area contributed by atoms with Crippen molar-refractivity contribution in [3.05, 3.63) is 42.2 Å². The first kappa shape index (κ1) is 23.9. The molecule has 0 unspecified atom stereocenters. The molecular formula is C21H29ClIN7O. The Morgan fingerprint density at radius 1 is 1.16 bits per heavy atom. The van der Waals surface area contributed by atoms with Crippen LogP contribution in [0.1, 0.15) is 44.5 Å². The number of nitrogens with zero attached hydrogens (tertiary/aromatic N) is 6. The second-order valence-corrected chi connectivity index (χ2v) is 9.75. The minimum atomic E-state index is -0.193. The van der Waals surface area contributed by atoms with E-state index in [0.717, 1.165) is 20.4 Å². The third-order valence-electron chi connectivity index (χ3n) is 5.57. The summed E-state index contributed by atoms with van der Waals surface area (Å²) in [6.07, 6.45) is 1.83. The number of nitrogens with two attached hydrogens (primary N) is 1. The number of nitrogen functional groups attached to an aromatic ring is 1. The van der Waals surface area contributed by atoms with Gasteiger partial charge >= 0.3 is 5.69 Å². The number of fused-ring (bicyclic) bond motifs is 1. The summed E-state index contributed by atoms with van der Waals surface area (Å²) < 4.78 is 4.38. The zero-order valence-electron chi connectivity index (χ0n) is 18.8. The highest BCUT2D eigenvalue weighted by Crippen LogP contribution is 2.23. The van der Waals surface area contributed by atoms with E-state index in [1.807, 2.05) is 20.0 Å². The first-order chi connectivity index (χ1) is 14.5. The Balaban J connectivity index is 2.12. The molecule has 3 aromatic heterocycles. The lowest BCUT2D eigenvalue weighted by molar-refractivity contribution is 0.168. The first-order valence-electron chi connectivity index (χ1n) is 10.3. The smallest absolute Gasteiger partial charge is 0.330 e. The summed E-state index contributed by atoms with van der Waals surface area (Å²) in [4.78, 5) is 28.8. The standard InChI is InChI=1S/C21H29ClIN7O/c1-11(2)28(12(3)4)7-8-29-17-18(22)26-20(24)27-19(17)30(21(29)31)10-15-14(6)16(23)13(5)9-25-15/h9,11-12H,7-8,10H2,1-6H3,(H2,24,26,27). The molecule has 3 rings (SSSR count). The summed E-state index contributed by atoms with van der Waals surface area (Å²) in [7, 11) is 0. The minimum absolute atomic E-state index is 0.0394. The Morgan fingerprint density at radius 3 is 2.42 bits per heavy atom. The number of hydrogen-bond donors (Lipinski definition) is 1. The fourth-order valence-corrected chi connectivity index (χ4v) is 4.65. The number of aryl methyl sites for hydroxylation is 1. The van der Waals surface area contributed by atoms with Gasteiger partial charge < -0.3 is 5.73 Å². The lowest BCUT2D eigenvalue weighted by Gasteiger charge is -2.30. The van der Waals surface area contributed by atoms with Crippen LogP contribution in [0.3, 0.4) is 0 Å². The Morgan fingerprint density at radius 2 is 1.81 bits per heavy atom. The van der Waals surface area contributed by atoms with Gasteiger partial charge in [-0.2, -0.15) is 9.97 Å². The number of anilines is 1. The maximum absolute atomic E-state index is 13.5. The van der Waals surface area contributed by atoms with Crippen molar-refractivity contribution in [1.29, 1.82) is 0 Å². The van der Waals surface area contributed by atoms with Crippen LogP contribution in [0.5, 0.6) is 0 Å². The predicted octanol–water partition coefficient (Wildman–Crippen LogP) is 3.61. The van der Waals surface area contributed by atoms with Crippen molar-refractivity contribution >= 4 is 51.3 Å². The van der Waals surface area contributed by atoms with Crippen LogP contribution in [0.2, 0.25) is 5.15 Å². The summed E-state index contributed by atoms with van der Waals surface area (Å²) in [6, 6.07) is 0.709. The molecule has 168 valence electrons. The van der Waals surface area contributed by atoms with Gasteiger partial charge in [0, 0.05) is 34.9 Å². The summed E-state index contributed by atoms with van der Waals surface area (Å²) >= 11 is 8.75. The van der Waals surface area contributed by atoms with Crippen LogP contribution in [0.15, 0.2) is 11.0 Å².